The third-order valence-electron chi connectivity index (χ3n) is 2.94. The number of halogens is 1. The summed E-state index contributed by atoms with van der Waals surface area (Å²) in [6.45, 7) is 0.848. The lowest BCUT2D eigenvalue weighted by Crippen LogP contribution is -2.06. The molecule has 0 amide bonds. The number of benzene rings is 2. The highest BCUT2D eigenvalue weighted by molar-refractivity contribution is 14.1. The van der Waals surface area contributed by atoms with Gasteiger partial charge in [-0.05, 0) is 40.3 Å². The summed E-state index contributed by atoms with van der Waals surface area (Å²) < 4.78 is 1.21. The Bertz CT molecular complexity index is 598. The summed E-state index contributed by atoms with van der Waals surface area (Å²) in [5.41, 5.74) is 2.47. The molecule has 2 nitrogen and oxygen atoms in total. The van der Waals surface area contributed by atoms with E-state index in [1.807, 2.05) is 12.1 Å². The number of nitrogens with one attached hydrogen (secondary N) is 1. The van der Waals surface area contributed by atoms with Gasteiger partial charge in [0.25, 0.3) is 0 Å². The molecule has 2 aromatic carbocycles. The standard InChI is InChI=1S/C15H13IN2S/c16-12-8-4-5-9-13(12)18-15-17-10-14(19-15)11-6-2-1-3-7-11/h1-9,14H,10H2,(H,17,18). The van der Waals surface area contributed by atoms with Gasteiger partial charge in [-0.2, -0.15) is 0 Å². The van der Waals surface area contributed by atoms with Crippen LogP contribution in [-0.4, -0.2) is 11.7 Å². The van der Waals surface area contributed by atoms with Crippen LogP contribution in [0.4, 0.5) is 5.69 Å². The molecule has 1 aliphatic rings. The Balaban J connectivity index is 1.68. The number of aliphatic imine (C=N–C) groups is 1. The van der Waals surface area contributed by atoms with E-state index < -0.39 is 0 Å². The lowest BCUT2D eigenvalue weighted by atomic mass is 10.1. The number of nitrogens with zero attached hydrogens (tertiary/aromatic N) is 1. The van der Waals surface area contributed by atoms with Crippen LogP contribution in [0, 0.1) is 3.57 Å². The Hall–Kier alpha value is -1.01. The molecule has 0 saturated heterocycles. The first-order valence-electron chi connectivity index (χ1n) is 6.10. The molecule has 1 unspecified atom stereocenters. The fourth-order valence-corrected chi connectivity index (χ4v) is 3.52. The fourth-order valence-electron chi connectivity index (χ4n) is 1.96. The minimum atomic E-state index is 0.435. The van der Waals surface area contributed by atoms with E-state index >= 15 is 0 Å². The second-order valence-electron chi connectivity index (χ2n) is 4.27. The Kier molecular flexibility index (Phi) is 4.08. The van der Waals surface area contributed by atoms with Crippen LogP contribution in [-0.2, 0) is 0 Å². The summed E-state index contributed by atoms with van der Waals surface area (Å²) >= 11 is 4.14. The van der Waals surface area contributed by atoms with Gasteiger partial charge in [-0.1, -0.05) is 54.2 Å². The van der Waals surface area contributed by atoms with Crippen molar-refractivity contribution in [1.29, 1.82) is 0 Å². The maximum atomic E-state index is 4.60. The van der Waals surface area contributed by atoms with Crippen LogP contribution in [0.2, 0.25) is 0 Å². The molecule has 0 aromatic heterocycles. The first-order valence-corrected chi connectivity index (χ1v) is 8.06. The van der Waals surface area contributed by atoms with E-state index in [9.17, 15) is 0 Å². The second-order valence-corrected chi connectivity index (χ2v) is 6.62. The van der Waals surface area contributed by atoms with E-state index in [1.165, 1.54) is 9.13 Å². The van der Waals surface area contributed by atoms with Gasteiger partial charge in [-0.3, -0.25) is 4.99 Å². The molecule has 0 bridgehead atoms. The quantitative estimate of drug-likeness (QED) is 0.774. The molecular weight excluding hydrogens is 367 g/mol. The molecule has 96 valence electrons. The lowest BCUT2D eigenvalue weighted by Gasteiger charge is -2.10. The summed E-state index contributed by atoms with van der Waals surface area (Å²) in [6, 6.07) is 18.8. The molecule has 0 aliphatic carbocycles. The molecule has 3 rings (SSSR count). The van der Waals surface area contributed by atoms with Crippen molar-refractivity contribution in [2.75, 3.05) is 11.9 Å². The summed E-state index contributed by atoms with van der Waals surface area (Å²) in [7, 11) is 0. The van der Waals surface area contributed by atoms with Crippen molar-refractivity contribution >= 4 is 45.2 Å². The van der Waals surface area contributed by atoms with Gasteiger partial charge in [0, 0.05) is 3.57 Å². The van der Waals surface area contributed by atoms with Crippen LogP contribution in [0.25, 0.3) is 0 Å². The van der Waals surface area contributed by atoms with Gasteiger partial charge in [0.2, 0.25) is 0 Å². The van der Waals surface area contributed by atoms with Gasteiger partial charge < -0.3 is 5.32 Å². The van der Waals surface area contributed by atoms with Crippen molar-refractivity contribution in [3.8, 4) is 0 Å². The Morgan fingerprint density at radius 1 is 1.05 bits per heavy atom. The Labute approximate surface area is 130 Å². The van der Waals surface area contributed by atoms with Crippen molar-refractivity contribution < 1.29 is 0 Å². The van der Waals surface area contributed by atoms with Crippen molar-refractivity contribution in [3.05, 3.63) is 63.7 Å². The highest BCUT2D eigenvalue weighted by Crippen LogP contribution is 2.35. The number of thioether (sulfide) groups is 1. The van der Waals surface area contributed by atoms with Gasteiger partial charge in [0.05, 0.1) is 17.5 Å². The molecule has 0 fully saturated rings. The van der Waals surface area contributed by atoms with Crippen molar-refractivity contribution in [1.82, 2.24) is 0 Å². The predicted molar refractivity (Wildman–Crippen MR) is 91.9 cm³/mol. The average Bonchev–Trinajstić information content (AvgIpc) is 2.91. The third kappa shape index (κ3) is 3.12. The van der Waals surface area contributed by atoms with Crippen molar-refractivity contribution in [3.63, 3.8) is 0 Å². The van der Waals surface area contributed by atoms with Crippen LogP contribution >= 0.6 is 34.4 Å². The summed E-state index contributed by atoms with van der Waals surface area (Å²) in [6.07, 6.45) is 0. The molecule has 0 saturated carbocycles. The van der Waals surface area contributed by atoms with Crippen molar-refractivity contribution in [2.24, 2.45) is 4.99 Å². The van der Waals surface area contributed by atoms with E-state index in [0.29, 0.717) is 5.25 Å². The highest BCUT2D eigenvalue weighted by Gasteiger charge is 2.21. The lowest BCUT2D eigenvalue weighted by molar-refractivity contribution is 0.966. The summed E-state index contributed by atoms with van der Waals surface area (Å²) in [5.74, 6) is 0. The van der Waals surface area contributed by atoms with Crippen LogP contribution in [0.3, 0.4) is 0 Å². The molecule has 1 N–H and O–H groups in total. The molecule has 1 aliphatic heterocycles. The minimum absolute atomic E-state index is 0.435. The Morgan fingerprint density at radius 2 is 1.79 bits per heavy atom. The van der Waals surface area contributed by atoms with Gasteiger partial charge in [0.1, 0.15) is 0 Å². The zero-order valence-corrected chi connectivity index (χ0v) is 13.2. The number of amidine groups is 1. The average molecular weight is 380 g/mol. The smallest absolute Gasteiger partial charge is 0.161 e. The van der Waals surface area contributed by atoms with E-state index in [0.717, 1.165) is 17.4 Å². The van der Waals surface area contributed by atoms with Crippen LogP contribution in [0.5, 0.6) is 0 Å². The fraction of sp³-hybridized carbons (Fsp3) is 0.133. The van der Waals surface area contributed by atoms with Crippen LogP contribution in [0.15, 0.2) is 59.6 Å². The maximum absolute atomic E-state index is 4.60. The topological polar surface area (TPSA) is 24.4 Å². The summed E-state index contributed by atoms with van der Waals surface area (Å²) in [5, 5.41) is 4.86. The van der Waals surface area contributed by atoms with E-state index in [-0.39, 0.29) is 0 Å². The summed E-state index contributed by atoms with van der Waals surface area (Å²) in [4.78, 5) is 4.60. The van der Waals surface area contributed by atoms with E-state index in [4.69, 9.17) is 0 Å². The molecule has 2 aromatic rings. The number of hydrogen-bond acceptors (Lipinski definition) is 3. The normalized spacial score (nSPS) is 18.2. The van der Waals surface area contributed by atoms with Crippen LogP contribution < -0.4 is 5.32 Å². The number of rotatable bonds is 2. The molecule has 0 spiro atoms. The molecule has 4 heteroatoms. The van der Waals surface area contributed by atoms with Gasteiger partial charge in [-0.25, -0.2) is 0 Å². The second kappa shape index (κ2) is 5.96. The van der Waals surface area contributed by atoms with E-state index in [2.05, 4.69) is 75.4 Å². The first-order chi connectivity index (χ1) is 9.33. The zero-order chi connectivity index (χ0) is 13.1. The van der Waals surface area contributed by atoms with E-state index in [1.54, 1.807) is 11.8 Å². The predicted octanol–water partition coefficient (Wildman–Crippen LogP) is 4.55. The maximum Gasteiger partial charge on any atom is 0.161 e. The number of para-hydroxylation sites is 1. The third-order valence-corrected chi connectivity index (χ3v) is 5.04. The molecule has 1 atom stereocenters. The molecular formula is C15H13IN2S. The SMILES string of the molecule is Ic1ccccc1NC1=NCC(c2ccccc2)S1. The molecule has 19 heavy (non-hydrogen) atoms. The van der Waals surface area contributed by atoms with Crippen molar-refractivity contribution in [2.45, 2.75) is 5.25 Å². The first kappa shape index (κ1) is 13.0. The Morgan fingerprint density at radius 3 is 2.58 bits per heavy atom. The zero-order valence-electron chi connectivity index (χ0n) is 10.2. The van der Waals surface area contributed by atoms with Gasteiger partial charge in [0.15, 0.2) is 5.17 Å². The minimum Gasteiger partial charge on any atom is -0.334 e. The number of hydrogen-bond donors (Lipinski definition) is 1. The molecule has 0 radical (unpaired) electrons. The highest BCUT2D eigenvalue weighted by atomic mass is 127. The monoisotopic (exact) mass is 380 g/mol. The number of anilines is 1. The molecule has 1 heterocycles. The van der Waals surface area contributed by atoms with Gasteiger partial charge in [-0.15, -0.1) is 0 Å². The largest absolute Gasteiger partial charge is 0.334 e. The van der Waals surface area contributed by atoms with Gasteiger partial charge >= 0.3 is 0 Å². The van der Waals surface area contributed by atoms with Crippen LogP contribution in [0.1, 0.15) is 10.8 Å².